The molecule has 0 aliphatic carbocycles. The third kappa shape index (κ3) is 3.07. The quantitative estimate of drug-likeness (QED) is 0.229. The first-order chi connectivity index (χ1) is 4.20. The van der Waals surface area contributed by atoms with E-state index in [1.54, 1.807) is 0 Å². The van der Waals surface area contributed by atoms with Gasteiger partial charge in [-0.2, -0.15) is 5.11 Å². The van der Waals surface area contributed by atoms with Gasteiger partial charge in [0, 0.05) is 0 Å². The molecule has 0 aliphatic rings. The Labute approximate surface area is 50.8 Å². The van der Waals surface area contributed by atoms with Crippen LogP contribution in [0.15, 0.2) is 5.11 Å². The first-order valence-corrected chi connectivity index (χ1v) is 2.05. The van der Waals surface area contributed by atoms with Crippen molar-refractivity contribution in [2.24, 2.45) is 10.8 Å². The van der Waals surface area contributed by atoms with E-state index >= 15 is 0 Å². The summed E-state index contributed by atoms with van der Waals surface area (Å²) in [6.07, 6.45) is -0.368. The van der Waals surface area contributed by atoms with Crippen LogP contribution in [0.2, 0.25) is 0 Å². The van der Waals surface area contributed by atoms with Crippen molar-refractivity contribution in [1.29, 1.82) is 0 Å². The second-order valence-corrected chi connectivity index (χ2v) is 1.26. The van der Waals surface area contributed by atoms with E-state index in [4.69, 9.17) is 11.1 Å². The Morgan fingerprint density at radius 3 is 2.44 bits per heavy atom. The van der Waals surface area contributed by atoms with Crippen molar-refractivity contribution in [2.45, 2.75) is 6.42 Å². The molecule has 0 aromatic rings. The number of amidine groups is 1. The Morgan fingerprint density at radius 1 is 1.78 bits per heavy atom. The van der Waals surface area contributed by atoms with Crippen LogP contribution >= 0.6 is 0 Å². The zero-order valence-corrected chi connectivity index (χ0v) is 4.48. The van der Waals surface area contributed by atoms with Crippen molar-refractivity contribution in [2.75, 3.05) is 0 Å². The summed E-state index contributed by atoms with van der Waals surface area (Å²) in [5.41, 5.74) is 20.4. The van der Waals surface area contributed by atoms with Gasteiger partial charge in [-0.3, -0.25) is 4.79 Å². The molecule has 0 saturated carbocycles. The third-order valence-electron chi connectivity index (χ3n) is 0.563. The highest BCUT2D eigenvalue weighted by atomic mass is 16.1. The molecule has 0 aliphatic heterocycles. The molecule has 0 rings (SSSR count). The molecule has 6 nitrogen and oxygen atoms in total. The minimum atomic E-state index is -0.722. The fourth-order valence-electron chi connectivity index (χ4n) is 0.247. The number of nitrogens with two attached hydrogens (primary N) is 1. The predicted molar refractivity (Wildman–Crippen MR) is 28.2 cm³/mol. The van der Waals surface area contributed by atoms with Crippen LogP contribution in [-0.4, -0.2) is 16.5 Å². The van der Waals surface area contributed by atoms with E-state index in [9.17, 15) is 4.79 Å². The summed E-state index contributed by atoms with van der Waals surface area (Å²) >= 11 is 0. The second-order valence-electron chi connectivity index (χ2n) is 1.26. The Bertz CT molecular complexity index is 179. The average Bonchev–Trinajstić information content (AvgIpc) is 1.82. The Balaban J connectivity index is 4.02. The standard InChI is InChI=1S/C3H4N5O/c4-2(9)1-3(7-5)8-6/h1H2,(H2,4,9)/q-1. The van der Waals surface area contributed by atoms with E-state index < -0.39 is 11.7 Å². The molecule has 0 aromatic carbocycles. The van der Waals surface area contributed by atoms with Crippen molar-refractivity contribution in [3.8, 4) is 0 Å². The molecule has 0 spiro atoms. The van der Waals surface area contributed by atoms with Gasteiger partial charge in [0.1, 0.15) is 6.42 Å². The van der Waals surface area contributed by atoms with Crippen LogP contribution in [-0.2, 0) is 4.79 Å². The fourth-order valence-corrected chi connectivity index (χ4v) is 0.247. The van der Waals surface area contributed by atoms with Gasteiger partial charge in [-0.15, -0.1) is 0 Å². The molecule has 0 heterocycles. The number of carbonyl (C=O) groups is 1. The van der Waals surface area contributed by atoms with E-state index in [0.29, 0.717) is 0 Å². The normalized spacial score (nSPS) is 7.56. The number of hydrogen-bond donors (Lipinski definition) is 1. The average molecular weight is 126 g/mol. The highest BCUT2D eigenvalue weighted by Gasteiger charge is 2.05. The lowest BCUT2D eigenvalue weighted by atomic mass is 10.4. The van der Waals surface area contributed by atoms with Gasteiger partial charge in [0.05, 0.1) is 0 Å². The van der Waals surface area contributed by atoms with Crippen molar-refractivity contribution in [3.05, 3.63) is 11.1 Å². The largest absolute Gasteiger partial charge is 0.563 e. The maximum Gasteiger partial charge on any atom is 0.368 e. The molecule has 0 radical (unpaired) electrons. The maximum atomic E-state index is 9.99. The first kappa shape index (κ1) is 7.45. The molecule has 0 saturated heterocycles. The highest BCUT2D eigenvalue weighted by molar-refractivity contribution is 5.96. The topological polar surface area (TPSA) is 114 Å². The summed E-state index contributed by atoms with van der Waals surface area (Å²) in [7, 11) is 0. The van der Waals surface area contributed by atoms with Gasteiger partial charge in [-0.25, -0.2) is 0 Å². The number of primary amides is 1. The Hall–Kier alpha value is -1.55. The number of hydrogen-bond acceptors (Lipinski definition) is 1. The van der Waals surface area contributed by atoms with Crippen molar-refractivity contribution in [3.63, 3.8) is 0 Å². The molecular weight excluding hydrogens is 122 g/mol. The van der Waals surface area contributed by atoms with E-state index in [-0.39, 0.29) is 6.42 Å². The number of rotatable bonds is 2. The van der Waals surface area contributed by atoms with E-state index in [1.165, 1.54) is 0 Å². The monoisotopic (exact) mass is 126 g/mol. The van der Waals surface area contributed by atoms with Gasteiger partial charge < -0.3 is 21.6 Å². The SMILES string of the molecule is [N-]=NC(CC(N)=O)=[N+]=[N-]. The smallest absolute Gasteiger partial charge is 0.368 e. The minimum absolute atomic E-state index is 0.368. The lowest BCUT2D eigenvalue weighted by Crippen LogP contribution is -2.15. The number of carbonyl (C=O) groups excluding carboxylic acids is 1. The summed E-state index contributed by atoms with van der Waals surface area (Å²) in [5, 5.41) is 2.45. The molecule has 9 heavy (non-hydrogen) atoms. The molecule has 0 atom stereocenters. The summed E-state index contributed by atoms with van der Waals surface area (Å²) in [6, 6.07) is 0. The van der Waals surface area contributed by atoms with Gasteiger partial charge in [-0.1, -0.05) is 0 Å². The summed E-state index contributed by atoms with van der Waals surface area (Å²) in [4.78, 5) is 12.4. The highest BCUT2D eigenvalue weighted by Crippen LogP contribution is 1.80. The molecule has 6 heteroatoms. The number of amides is 1. The molecule has 0 fully saturated rings. The molecule has 2 N–H and O–H groups in total. The zero-order chi connectivity index (χ0) is 7.28. The van der Waals surface area contributed by atoms with Gasteiger partial charge in [0.2, 0.25) is 5.91 Å². The van der Waals surface area contributed by atoms with Crippen LogP contribution < -0.4 is 5.73 Å². The van der Waals surface area contributed by atoms with Crippen LogP contribution in [0.5, 0.6) is 0 Å². The van der Waals surface area contributed by atoms with Gasteiger partial charge in [0.25, 0.3) is 0 Å². The number of nitrogens with zero attached hydrogens (tertiary/aromatic N) is 4. The van der Waals surface area contributed by atoms with E-state index in [1.807, 2.05) is 0 Å². The van der Waals surface area contributed by atoms with Crippen LogP contribution in [0.3, 0.4) is 0 Å². The molecule has 48 valence electrons. The van der Waals surface area contributed by atoms with E-state index in [0.717, 1.165) is 0 Å². The van der Waals surface area contributed by atoms with Gasteiger partial charge >= 0.3 is 5.84 Å². The van der Waals surface area contributed by atoms with E-state index in [2.05, 4.69) is 15.6 Å². The van der Waals surface area contributed by atoms with Crippen LogP contribution in [0, 0.1) is 0 Å². The van der Waals surface area contributed by atoms with Crippen LogP contribution in [0.4, 0.5) is 0 Å². The Kier molecular flexibility index (Phi) is 2.86. The van der Waals surface area contributed by atoms with Gasteiger partial charge in [-0.05, 0) is 0 Å². The minimum Gasteiger partial charge on any atom is -0.563 e. The summed E-state index contributed by atoms with van der Waals surface area (Å²) in [6.45, 7) is 0. The molecule has 0 unspecified atom stereocenters. The predicted octanol–water partition coefficient (Wildman–Crippen LogP) is -0.488. The van der Waals surface area contributed by atoms with Crippen molar-refractivity contribution >= 4 is 11.7 Å². The second kappa shape index (κ2) is 3.45. The lowest BCUT2D eigenvalue weighted by Gasteiger charge is -1.83. The third-order valence-corrected chi connectivity index (χ3v) is 0.563. The lowest BCUT2D eigenvalue weighted by molar-refractivity contribution is -0.117. The van der Waals surface area contributed by atoms with Crippen LogP contribution in [0.1, 0.15) is 6.42 Å². The Morgan fingerprint density at radius 2 is 2.33 bits per heavy atom. The summed E-state index contributed by atoms with van der Waals surface area (Å²) < 4.78 is 0. The van der Waals surface area contributed by atoms with Gasteiger partial charge in [0.15, 0.2) is 0 Å². The fraction of sp³-hybridized carbons (Fsp3) is 0.333. The van der Waals surface area contributed by atoms with Crippen LogP contribution in [0.25, 0.3) is 11.1 Å². The molecule has 0 bridgehead atoms. The maximum absolute atomic E-state index is 9.99. The van der Waals surface area contributed by atoms with Crippen molar-refractivity contribution in [1.82, 2.24) is 0 Å². The molecular formula is C3H4N5O-. The van der Waals surface area contributed by atoms with Crippen molar-refractivity contribution < 1.29 is 9.58 Å². The molecule has 1 amide bonds. The summed E-state index contributed by atoms with van der Waals surface area (Å²) in [5.74, 6) is -1.12. The molecule has 0 aromatic heterocycles. The first-order valence-electron chi connectivity index (χ1n) is 2.05. The zero-order valence-electron chi connectivity index (χ0n) is 4.48.